The molecule has 102 valence electrons. The Balaban J connectivity index is 2.34. The molecule has 0 saturated carbocycles. The zero-order chi connectivity index (χ0) is 13.4. The van der Waals surface area contributed by atoms with E-state index >= 15 is 0 Å². The van der Waals surface area contributed by atoms with Crippen molar-refractivity contribution in [1.29, 1.82) is 0 Å². The molecule has 1 aromatic rings. The summed E-state index contributed by atoms with van der Waals surface area (Å²) >= 11 is 0. The van der Waals surface area contributed by atoms with Crippen molar-refractivity contribution in [2.24, 2.45) is 0 Å². The number of rotatable bonds is 7. The average Bonchev–Trinajstić information content (AvgIpc) is 2.33. The van der Waals surface area contributed by atoms with Crippen LogP contribution >= 0.6 is 0 Å². The van der Waals surface area contributed by atoms with Gasteiger partial charge in [0, 0.05) is 26.0 Å². The van der Waals surface area contributed by atoms with Gasteiger partial charge in [0.05, 0.1) is 5.56 Å². The van der Waals surface area contributed by atoms with E-state index < -0.39 is 11.7 Å². The molecule has 6 heteroatoms. The Morgan fingerprint density at radius 3 is 2.78 bits per heavy atom. The van der Waals surface area contributed by atoms with Crippen LogP contribution in [0.5, 0.6) is 0 Å². The number of ether oxygens (including phenoxy) is 1. The van der Waals surface area contributed by atoms with E-state index in [1.54, 1.807) is 0 Å². The van der Waals surface area contributed by atoms with Crippen molar-refractivity contribution < 1.29 is 17.9 Å². The molecule has 0 spiro atoms. The van der Waals surface area contributed by atoms with Crippen molar-refractivity contribution in [3.05, 3.63) is 23.9 Å². The van der Waals surface area contributed by atoms with E-state index in [0.717, 1.165) is 31.2 Å². The van der Waals surface area contributed by atoms with Crippen LogP contribution in [0.15, 0.2) is 18.3 Å². The molecule has 3 nitrogen and oxygen atoms in total. The third-order valence-corrected chi connectivity index (χ3v) is 2.21. The maximum absolute atomic E-state index is 12.4. The van der Waals surface area contributed by atoms with E-state index in [4.69, 9.17) is 4.74 Å². The zero-order valence-electron chi connectivity index (χ0n) is 10.3. The highest BCUT2D eigenvalue weighted by molar-refractivity contribution is 5.38. The lowest BCUT2D eigenvalue weighted by atomic mass is 10.2. The predicted octanol–water partition coefficient (Wildman–Crippen LogP) is 3.33. The highest BCUT2D eigenvalue weighted by atomic mass is 19.4. The van der Waals surface area contributed by atoms with Gasteiger partial charge in [0.1, 0.15) is 5.82 Å². The quantitative estimate of drug-likeness (QED) is 0.765. The summed E-state index contributed by atoms with van der Waals surface area (Å²) in [6.07, 6.45) is -1.48. The molecule has 1 N–H and O–H groups in total. The molecular weight excluding hydrogens is 245 g/mol. The van der Waals surface area contributed by atoms with Gasteiger partial charge in [-0.2, -0.15) is 13.2 Å². The fourth-order valence-corrected chi connectivity index (χ4v) is 1.34. The molecule has 0 aliphatic heterocycles. The second kappa shape index (κ2) is 7.20. The van der Waals surface area contributed by atoms with Crippen LogP contribution in [-0.2, 0) is 10.9 Å². The molecule has 18 heavy (non-hydrogen) atoms. The number of nitrogens with zero attached hydrogens (tertiary/aromatic N) is 1. The Hall–Kier alpha value is -1.30. The second-order valence-corrected chi connectivity index (χ2v) is 3.82. The molecule has 0 saturated heterocycles. The number of nitrogens with one attached hydrogen (secondary N) is 1. The van der Waals surface area contributed by atoms with Gasteiger partial charge in [0.15, 0.2) is 0 Å². The fraction of sp³-hybridized carbons (Fsp3) is 0.583. The lowest BCUT2D eigenvalue weighted by Gasteiger charge is -2.09. The van der Waals surface area contributed by atoms with Crippen LogP contribution < -0.4 is 5.32 Å². The van der Waals surface area contributed by atoms with Crippen molar-refractivity contribution in [2.75, 3.05) is 25.1 Å². The molecule has 0 aliphatic rings. The monoisotopic (exact) mass is 262 g/mol. The summed E-state index contributed by atoms with van der Waals surface area (Å²) < 4.78 is 42.5. The van der Waals surface area contributed by atoms with Crippen molar-refractivity contribution in [2.45, 2.75) is 25.9 Å². The number of hydrogen-bond acceptors (Lipinski definition) is 3. The van der Waals surface area contributed by atoms with E-state index in [-0.39, 0.29) is 5.82 Å². The van der Waals surface area contributed by atoms with Crippen LogP contribution in [-0.4, -0.2) is 24.7 Å². The Morgan fingerprint density at radius 1 is 1.33 bits per heavy atom. The number of anilines is 1. The molecule has 1 aromatic heterocycles. The first-order chi connectivity index (χ1) is 8.54. The van der Waals surface area contributed by atoms with Crippen molar-refractivity contribution in [3.8, 4) is 0 Å². The normalized spacial score (nSPS) is 11.6. The van der Waals surface area contributed by atoms with Crippen LogP contribution in [0, 0.1) is 0 Å². The minimum Gasteiger partial charge on any atom is -0.381 e. The molecule has 0 fully saturated rings. The smallest absolute Gasteiger partial charge is 0.381 e. The average molecular weight is 262 g/mol. The molecule has 0 aromatic carbocycles. The maximum atomic E-state index is 12.4. The van der Waals surface area contributed by atoms with Crippen LogP contribution in [0.3, 0.4) is 0 Å². The summed E-state index contributed by atoms with van der Waals surface area (Å²) in [5, 5.41) is 2.84. The summed E-state index contributed by atoms with van der Waals surface area (Å²) in [5.41, 5.74) is -0.692. The number of pyridine rings is 1. The summed E-state index contributed by atoms with van der Waals surface area (Å²) in [5.74, 6) is 0.236. The first kappa shape index (κ1) is 14.8. The molecule has 0 bridgehead atoms. The van der Waals surface area contributed by atoms with E-state index in [9.17, 15) is 13.2 Å². The lowest BCUT2D eigenvalue weighted by molar-refractivity contribution is -0.137. The molecular formula is C12H17F3N2O. The summed E-state index contributed by atoms with van der Waals surface area (Å²) in [4.78, 5) is 3.83. The topological polar surface area (TPSA) is 34.1 Å². The number of hydrogen-bond donors (Lipinski definition) is 1. The Labute approximate surface area is 104 Å². The Bertz CT molecular complexity index is 355. The Kier molecular flexibility index (Phi) is 5.91. The van der Waals surface area contributed by atoms with Crippen molar-refractivity contribution in [1.82, 2.24) is 4.98 Å². The molecule has 0 amide bonds. The van der Waals surface area contributed by atoms with E-state index in [0.29, 0.717) is 19.8 Å². The van der Waals surface area contributed by atoms with Crippen LogP contribution in [0.2, 0.25) is 0 Å². The first-order valence-corrected chi connectivity index (χ1v) is 5.89. The fourth-order valence-electron chi connectivity index (χ4n) is 1.34. The second-order valence-electron chi connectivity index (χ2n) is 3.82. The molecule has 0 radical (unpaired) electrons. The minimum atomic E-state index is -4.33. The molecule has 1 rings (SSSR count). The molecule has 0 aliphatic carbocycles. The SMILES string of the molecule is CCCOCCCNc1cc(C(F)(F)F)ccn1. The van der Waals surface area contributed by atoms with Gasteiger partial charge < -0.3 is 10.1 Å². The third kappa shape index (κ3) is 5.35. The highest BCUT2D eigenvalue weighted by Crippen LogP contribution is 2.29. The van der Waals surface area contributed by atoms with Gasteiger partial charge in [-0.15, -0.1) is 0 Å². The summed E-state index contributed by atoms with van der Waals surface area (Å²) in [7, 11) is 0. The summed E-state index contributed by atoms with van der Waals surface area (Å²) in [6, 6.07) is 1.96. The van der Waals surface area contributed by atoms with Gasteiger partial charge >= 0.3 is 6.18 Å². The zero-order valence-corrected chi connectivity index (χ0v) is 10.3. The van der Waals surface area contributed by atoms with Crippen molar-refractivity contribution in [3.63, 3.8) is 0 Å². The van der Waals surface area contributed by atoms with Gasteiger partial charge in [-0.1, -0.05) is 6.92 Å². The van der Waals surface area contributed by atoms with E-state index in [1.807, 2.05) is 6.92 Å². The number of alkyl halides is 3. The summed E-state index contributed by atoms with van der Waals surface area (Å²) in [6.45, 7) is 3.87. The van der Waals surface area contributed by atoms with Gasteiger partial charge in [-0.25, -0.2) is 4.98 Å². The number of aromatic nitrogens is 1. The minimum absolute atomic E-state index is 0.236. The molecule has 0 unspecified atom stereocenters. The van der Waals surface area contributed by atoms with Crippen molar-refractivity contribution >= 4 is 5.82 Å². The van der Waals surface area contributed by atoms with Crippen LogP contribution in [0.1, 0.15) is 25.3 Å². The van der Waals surface area contributed by atoms with Gasteiger partial charge in [-0.05, 0) is 25.0 Å². The number of halogens is 3. The largest absolute Gasteiger partial charge is 0.416 e. The van der Waals surface area contributed by atoms with Gasteiger partial charge in [0.2, 0.25) is 0 Å². The van der Waals surface area contributed by atoms with E-state index in [2.05, 4.69) is 10.3 Å². The third-order valence-electron chi connectivity index (χ3n) is 2.21. The predicted molar refractivity (Wildman–Crippen MR) is 63.5 cm³/mol. The van der Waals surface area contributed by atoms with Crippen LogP contribution in [0.25, 0.3) is 0 Å². The van der Waals surface area contributed by atoms with Gasteiger partial charge in [0.25, 0.3) is 0 Å². The molecule has 0 atom stereocenters. The lowest BCUT2D eigenvalue weighted by Crippen LogP contribution is -2.10. The maximum Gasteiger partial charge on any atom is 0.416 e. The molecule has 1 heterocycles. The standard InChI is InChI=1S/C12H17F3N2O/c1-2-7-18-8-3-5-16-11-9-10(4-6-17-11)12(13,14)15/h4,6,9H,2-3,5,7-8H2,1H3,(H,16,17). The first-order valence-electron chi connectivity index (χ1n) is 5.89. The Morgan fingerprint density at radius 2 is 2.11 bits per heavy atom. The highest BCUT2D eigenvalue weighted by Gasteiger charge is 2.30. The van der Waals surface area contributed by atoms with E-state index in [1.165, 1.54) is 0 Å². The van der Waals surface area contributed by atoms with Crippen LogP contribution in [0.4, 0.5) is 19.0 Å². The van der Waals surface area contributed by atoms with Gasteiger partial charge in [-0.3, -0.25) is 0 Å².